The standard InChI is InChI=1S/C14H15ClN2O2/c1-9(2)19-8-13(18)17-12-6-5-11(15)10-4-3-7-16-14(10)12/h3-7,9H,8H2,1-2H3,(H,17,18). The van der Waals surface area contributed by atoms with Crippen molar-refractivity contribution < 1.29 is 9.53 Å². The van der Waals surface area contributed by atoms with Gasteiger partial charge in [0.1, 0.15) is 6.61 Å². The number of carbonyl (C=O) groups is 1. The summed E-state index contributed by atoms with van der Waals surface area (Å²) < 4.78 is 5.25. The molecule has 2 aromatic rings. The van der Waals surface area contributed by atoms with Crippen molar-refractivity contribution in [3.8, 4) is 0 Å². The second kappa shape index (κ2) is 5.99. The van der Waals surface area contributed by atoms with E-state index in [1.807, 2.05) is 26.0 Å². The Hall–Kier alpha value is -1.65. The molecule has 0 aliphatic carbocycles. The third-order valence-electron chi connectivity index (χ3n) is 2.54. The molecule has 19 heavy (non-hydrogen) atoms. The van der Waals surface area contributed by atoms with E-state index in [1.165, 1.54) is 0 Å². The van der Waals surface area contributed by atoms with E-state index in [0.29, 0.717) is 16.2 Å². The number of fused-ring (bicyclic) bond motifs is 1. The molecule has 0 aliphatic rings. The van der Waals surface area contributed by atoms with Gasteiger partial charge in [0.05, 0.1) is 22.3 Å². The zero-order chi connectivity index (χ0) is 13.8. The first kappa shape index (κ1) is 13.8. The molecule has 2 rings (SSSR count). The summed E-state index contributed by atoms with van der Waals surface area (Å²) in [6.07, 6.45) is 1.68. The third kappa shape index (κ3) is 3.43. The number of nitrogens with one attached hydrogen (secondary N) is 1. The van der Waals surface area contributed by atoms with Gasteiger partial charge >= 0.3 is 0 Å². The van der Waals surface area contributed by atoms with Gasteiger partial charge in [-0.25, -0.2) is 0 Å². The molecule has 1 amide bonds. The van der Waals surface area contributed by atoms with Gasteiger partial charge in [0, 0.05) is 11.6 Å². The summed E-state index contributed by atoms with van der Waals surface area (Å²) in [5.74, 6) is -0.206. The lowest BCUT2D eigenvalue weighted by atomic mass is 10.2. The molecule has 5 heteroatoms. The second-order valence-electron chi connectivity index (χ2n) is 4.40. The van der Waals surface area contributed by atoms with E-state index < -0.39 is 0 Å². The molecule has 100 valence electrons. The fraction of sp³-hybridized carbons (Fsp3) is 0.286. The monoisotopic (exact) mass is 278 g/mol. The highest BCUT2D eigenvalue weighted by Crippen LogP contribution is 2.27. The van der Waals surface area contributed by atoms with Crippen molar-refractivity contribution in [2.75, 3.05) is 11.9 Å². The molecule has 0 radical (unpaired) electrons. The smallest absolute Gasteiger partial charge is 0.250 e. The molecule has 0 atom stereocenters. The Morgan fingerprint density at radius 2 is 2.21 bits per heavy atom. The number of anilines is 1. The van der Waals surface area contributed by atoms with Crippen LogP contribution in [0.5, 0.6) is 0 Å². The lowest BCUT2D eigenvalue weighted by molar-refractivity contribution is -0.121. The molecule has 0 saturated heterocycles. The van der Waals surface area contributed by atoms with Crippen molar-refractivity contribution in [3.05, 3.63) is 35.5 Å². The van der Waals surface area contributed by atoms with Gasteiger partial charge in [-0.2, -0.15) is 0 Å². The molecule has 4 nitrogen and oxygen atoms in total. The van der Waals surface area contributed by atoms with Gasteiger partial charge in [-0.05, 0) is 38.1 Å². The van der Waals surface area contributed by atoms with Crippen LogP contribution in [0.1, 0.15) is 13.8 Å². The van der Waals surface area contributed by atoms with Gasteiger partial charge in [-0.15, -0.1) is 0 Å². The summed E-state index contributed by atoms with van der Waals surface area (Å²) in [6, 6.07) is 7.15. The molecule has 1 N–H and O–H groups in total. The predicted molar refractivity (Wildman–Crippen MR) is 76.5 cm³/mol. The van der Waals surface area contributed by atoms with Gasteiger partial charge < -0.3 is 10.1 Å². The van der Waals surface area contributed by atoms with Gasteiger partial charge in [-0.1, -0.05) is 11.6 Å². The van der Waals surface area contributed by atoms with Crippen LogP contribution in [0.4, 0.5) is 5.69 Å². The third-order valence-corrected chi connectivity index (χ3v) is 2.87. The van der Waals surface area contributed by atoms with Crippen molar-refractivity contribution in [1.29, 1.82) is 0 Å². The zero-order valence-corrected chi connectivity index (χ0v) is 11.6. The highest BCUT2D eigenvalue weighted by atomic mass is 35.5. The number of amides is 1. The summed E-state index contributed by atoms with van der Waals surface area (Å²) >= 11 is 6.09. The van der Waals surface area contributed by atoms with E-state index in [4.69, 9.17) is 16.3 Å². The minimum Gasteiger partial charge on any atom is -0.369 e. The highest BCUT2D eigenvalue weighted by molar-refractivity contribution is 6.35. The number of ether oxygens (including phenoxy) is 1. The fourth-order valence-electron chi connectivity index (χ4n) is 1.67. The largest absolute Gasteiger partial charge is 0.369 e. The maximum absolute atomic E-state index is 11.7. The zero-order valence-electron chi connectivity index (χ0n) is 10.8. The van der Waals surface area contributed by atoms with Crippen LogP contribution in [0.2, 0.25) is 5.02 Å². The van der Waals surface area contributed by atoms with Crippen molar-refractivity contribution >= 4 is 34.1 Å². The summed E-state index contributed by atoms with van der Waals surface area (Å²) in [7, 11) is 0. The molecule has 1 aromatic heterocycles. The van der Waals surface area contributed by atoms with Crippen LogP contribution < -0.4 is 5.32 Å². The Morgan fingerprint density at radius 1 is 1.42 bits per heavy atom. The average molecular weight is 279 g/mol. The number of halogens is 1. The second-order valence-corrected chi connectivity index (χ2v) is 4.81. The number of nitrogens with zero attached hydrogens (tertiary/aromatic N) is 1. The minimum atomic E-state index is -0.206. The molecular formula is C14H15ClN2O2. The molecule has 0 aliphatic heterocycles. The van der Waals surface area contributed by atoms with Gasteiger partial charge in [0.25, 0.3) is 0 Å². The topological polar surface area (TPSA) is 51.2 Å². The summed E-state index contributed by atoms with van der Waals surface area (Å²) in [6.45, 7) is 3.79. The minimum absolute atomic E-state index is 0.0193. The number of hydrogen-bond donors (Lipinski definition) is 1. The molecule has 0 spiro atoms. The van der Waals surface area contributed by atoms with E-state index in [0.717, 1.165) is 5.39 Å². The summed E-state index contributed by atoms with van der Waals surface area (Å²) in [5.41, 5.74) is 1.31. The van der Waals surface area contributed by atoms with E-state index in [9.17, 15) is 4.79 Å². The molecule has 0 saturated carbocycles. The van der Waals surface area contributed by atoms with Crippen LogP contribution in [0.15, 0.2) is 30.5 Å². The van der Waals surface area contributed by atoms with Crippen LogP contribution in [0, 0.1) is 0 Å². The molecular weight excluding hydrogens is 264 g/mol. The number of hydrogen-bond acceptors (Lipinski definition) is 3. The molecule has 0 bridgehead atoms. The number of benzene rings is 1. The van der Waals surface area contributed by atoms with E-state index >= 15 is 0 Å². The maximum Gasteiger partial charge on any atom is 0.250 e. The fourth-order valence-corrected chi connectivity index (χ4v) is 1.88. The SMILES string of the molecule is CC(C)OCC(=O)Nc1ccc(Cl)c2cccnc12. The van der Waals surface area contributed by atoms with Crippen molar-refractivity contribution in [2.24, 2.45) is 0 Å². The summed E-state index contributed by atoms with van der Waals surface area (Å²) in [4.78, 5) is 16.0. The normalized spacial score (nSPS) is 10.9. The predicted octanol–water partition coefficient (Wildman–Crippen LogP) is 3.25. The van der Waals surface area contributed by atoms with Crippen LogP contribution in [0.25, 0.3) is 10.9 Å². The van der Waals surface area contributed by atoms with Gasteiger partial charge in [-0.3, -0.25) is 9.78 Å². The first-order valence-electron chi connectivity index (χ1n) is 6.02. The summed E-state index contributed by atoms with van der Waals surface area (Å²) in [5, 5.41) is 4.20. The Bertz CT molecular complexity index is 599. The lowest BCUT2D eigenvalue weighted by Crippen LogP contribution is -2.20. The van der Waals surface area contributed by atoms with Crippen LogP contribution in [-0.4, -0.2) is 23.6 Å². The van der Waals surface area contributed by atoms with Crippen molar-refractivity contribution in [2.45, 2.75) is 20.0 Å². The first-order chi connectivity index (χ1) is 9.08. The Balaban J connectivity index is 2.21. The van der Waals surface area contributed by atoms with Crippen molar-refractivity contribution in [3.63, 3.8) is 0 Å². The van der Waals surface area contributed by atoms with E-state index in [1.54, 1.807) is 18.3 Å². The number of pyridine rings is 1. The maximum atomic E-state index is 11.7. The Kier molecular flexibility index (Phi) is 4.35. The van der Waals surface area contributed by atoms with Crippen molar-refractivity contribution in [1.82, 2.24) is 4.98 Å². The molecule has 1 heterocycles. The number of rotatable bonds is 4. The van der Waals surface area contributed by atoms with Crippen LogP contribution >= 0.6 is 11.6 Å². The Morgan fingerprint density at radius 3 is 2.95 bits per heavy atom. The number of aromatic nitrogens is 1. The molecule has 0 unspecified atom stereocenters. The molecule has 0 fully saturated rings. The lowest BCUT2D eigenvalue weighted by Gasteiger charge is -2.10. The Labute approximate surface area is 116 Å². The number of carbonyl (C=O) groups excluding carboxylic acids is 1. The van der Waals surface area contributed by atoms with Crippen LogP contribution in [-0.2, 0) is 9.53 Å². The molecule has 1 aromatic carbocycles. The van der Waals surface area contributed by atoms with Gasteiger partial charge in [0.15, 0.2) is 0 Å². The van der Waals surface area contributed by atoms with Crippen LogP contribution in [0.3, 0.4) is 0 Å². The van der Waals surface area contributed by atoms with E-state index in [-0.39, 0.29) is 18.6 Å². The van der Waals surface area contributed by atoms with E-state index in [2.05, 4.69) is 10.3 Å². The van der Waals surface area contributed by atoms with Gasteiger partial charge in [0.2, 0.25) is 5.91 Å². The highest BCUT2D eigenvalue weighted by Gasteiger charge is 2.09. The average Bonchev–Trinajstić information content (AvgIpc) is 2.40. The quantitative estimate of drug-likeness (QED) is 0.934. The first-order valence-corrected chi connectivity index (χ1v) is 6.40.